The third-order valence-corrected chi connectivity index (χ3v) is 5.76. The highest BCUT2D eigenvalue weighted by molar-refractivity contribution is 5.75. The first-order chi connectivity index (χ1) is 16.5. The van der Waals surface area contributed by atoms with Crippen molar-refractivity contribution in [1.82, 2.24) is 24.5 Å². The van der Waals surface area contributed by atoms with Crippen molar-refractivity contribution in [1.29, 1.82) is 0 Å². The topological polar surface area (TPSA) is 99.8 Å². The SMILES string of the molecule is Cc1cc(C)cc(-n2ccn3c(CCCC(=O)NCc4ccc5c(c4)OCO5)nnc3c2=O)c1. The summed E-state index contributed by atoms with van der Waals surface area (Å²) in [5.41, 5.74) is 3.95. The third kappa shape index (κ3) is 4.36. The maximum Gasteiger partial charge on any atom is 0.300 e. The highest BCUT2D eigenvalue weighted by atomic mass is 16.7. The molecule has 174 valence electrons. The highest BCUT2D eigenvalue weighted by Crippen LogP contribution is 2.32. The number of rotatable bonds is 7. The summed E-state index contributed by atoms with van der Waals surface area (Å²) in [5.74, 6) is 2.02. The number of ether oxygens (including phenoxy) is 2. The standard InChI is InChI=1S/C25H25N5O4/c1-16-10-17(2)12-19(11-16)29-8-9-30-22(27-28-24(30)25(29)32)4-3-5-23(31)26-14-18-6-7-20-21(13-18)34-15-33-20/h6-13H,3-5,14-15H2,1-2H3,(H,26,31). The molecular weight excluding hydrogens is 434 g/mol. The Bertz CT molecular complexity index is 1420. The van der Waals surface area contributed by atoms with Gasteiger partial charge in [0.05, 0.1) is 0 Å². The van der Waals surface area contributed by atoms with Crippen LogP contribution in [-0.4, -0.2) is 31.9 Å². The summed E-state index contributed by atoms with van der Waals surface area (Å²) in [6, 6.07) is 11.6. The van der Waals surface area contributed by atoms with Gasteiger partial charge in [0.15, 0.2) is 11.5 Å². The quantitative estimate of drug-likeness (QED) is 0.456. The van der Waals surface area contributed by atoms with Crippen molar-refractivity contribution in [3.8, 4) is 17.2 Å². The summed E-state index contributed by atoms with van der Waals surface area (Å²) in [7, 11) is 0. The molecular formula is C25H25N5O4. The van der Waals surface area contributed by atoms with E-state index in [2.05, 4.69) is 21.6 Å². The lowest BCUT2D eigenvalue weighted by Gasteiger charge is -2.09. The fourth-order valence-corrected chi connectivity index (χ4v) is 4.15. The average molecular weight is 460 g/mol. The molecule has 34 heavy (non-hydrogen) atoms. The zero-order chi connectivity index (χ0) is 23.7. The van der Waals surface area contributed by atoms with Gasteiger partial charge in [0.1, 0.15) is 5.82 Å². The van der Waals surface area contributed by atoms with E-state index in [0.717, 1.165) is 28.1 Å². The zero-order valence-electron chi connectivity index (χ0n) is 19.1. The molecule has 0 atom stereocenters. The smallest absolute Gasteiger partial charge is 0.300 e. The Hall–Kier alpha value is -4.14. The minimum atomic E-state index is -0.229. The van der Waals surface area contributed by atoms with Crippen LogP contribution in [0, 0.1) is 13.8 Å². The van der Waals surface area contributed by atoms with Crippen LogP contribution in [0.1, 0.15) is 35.4 Å². The molecule has 0 saturated heterocycles. The van der Waals surface area contributed by atoms with E-state index >= 15 is 0 Å². The van der Waals surface area contributed by atoms with Gasteiger partial charge in [0.25, 0.3) is 0 Å². The zero-order valence-corrected chi connectivity index (χ0v) is 19.1. The molecule has 0 unspecified atom stereocenters. The Morgan fingerprint density at radius 2 is 1.82 bits per heavy atom. The Kier molecular flexibility index (Phi) is 5.75. The predicted octanol–water partition coefficient (Wildman–Crippen LogP) is 2.86. The number of hydrogen-bond donors (Lipinski definition) is 1. The van der Waals surface area contributed by atoms with Gasteiger partial charge in [-0.3, -0.25) is 18.6 Å². The van der Waals surface area contributed by atoms with Gasteiger partial charge in [-0.15, -0.1) is 10.2 Å². The van der Waals surface area contributed by atoms with Crippen LogP contribution in [0.3, 0.4) is 0 Å². The number of fused-ring (bicyclic) bond motifs is 2. The maximum absolute atomic E-state index is 13.0. The van der Waals surface area contributed by atoms with Gasteiger partial charge in [-0.2, -0.15) is 0 Å². The lowest BCUT2D eigenvalue weighted by Crippen LogP contribution is -2.22. The second kappa shape index (κ2) is 9.01. The van der Waals surface area contributed by atoms with Gasteiger partial charge in [0.2, 0.25) is 18.3 Å². The number of carbonyl (C=O) groups excluding carboxylic acids is 1. The van der Waals surface area contributed by atoms with Gasteiger partial charge in [-0.25, -0.2) is 0 Å². The first kappa shape index (κ1) is 21.7. The van der Waals surface area contributed by atoms with Crippen molar-refractivity contribution in [3.05, 3.63) is 81.7 Å². The second-order valence-electron chi connectivity index (χ2n) is 8.45. The van der Waals surface area contributed by atoms with E-state index in [-0.39, 0.29) is 23.9 Å². The van der Waals surface area contributed by atoms with Gasteiger partial charge >= 0.3 is 5.56 Å². The number of carbonyl (C=O) groups is 1. The van der Waals surface area contributed by atoms with Crippen LogP contribution < -0.4 is 20.3 Å². The maximum atomic E-state index is 13.0. The molecule has 2 aromatic carbocycles. The Labute approximate surface area is 196 Å². The van der Waals surface area contributed by atoms with Crippen LogP contribution in [0.2, 0.25) is 0 Å². The lowest BCUT2D eigenvalue weighted by atomic mass is 10.1. The van der Waals surface area contributed by atoms with E-state index in [1.807, 2.05) is 44.2 Å². The summed E-state index contributed by atoms with van der Waals surface area (Å²) >= 11 is 0. The monoisotopic (exact) mass is 459 g/mol. The molecule has 3 heterocycles. The number of benzene rings is 2. The number of aromatic nitrogens is 4. The van der Waals surface area contributed by atoms with E-state index in [9.17, 15) is 9.59 Å². The molecule has 9 heteroatoms. The first-order valence-corrected chi connectivity index (χ1v) is 11.2. The molecule has 2 aromatic heterocycles. The Balaban J connectivity index is 1.20. The highest BCUT2D eigenvalue weighted by Gasteiger charge is 2.14. The van der Waals surface area contributed by atoms with Crippen LogP contribution in [0.4, 0.5) is 0 Å². The van der Waals surface area contributed by atoms with Gasteiger partial charge < -0.3 is 14.8 Å². The van der Waals surface area contributed by atoms with E-state index in [1.54, 1.807) is 21.4 Å². The van der Waals surface area contributed by atoms with Crippen molar-refractivity contribution in [2.75, 3.05) is 6.79 Å². The fraction of sp³-hybridized carbons (Fsp3) is 0.280. The third-order valence-electron chi connectivity index (χ3n) is 5.76. The van der Waals surface area contributed by atoms with Crippen molar-refractivity contribution in [2.24, 2.45) is 0 Å². The molecule has 1 N–H and O–H groups in total. The molecule has 4 aromatic rings. The molecule has 1 aliphatic rings. The second-order valence-corrected chi connectivity index (χ2v) is 8.45. The van der Waals surface area contributed by atoms with Crippen molar-refractivity contribution in [2.45, 2.75) is 39.7 Å². The Morgan fingerprint density at radius 3 is 2.65 bits per heavy atom. The molecule has 1 aliphatic heterocycles. The van der Waals surface area contributed by atoms with Crippen molar-refractivity contribution < 1.29 is 14.3 Å². The van der Waals surface area contributed by atoms with Crippen molar-refractivity contribution >= 4 is 11.6 Å². The number of nitrogens with one attached hydrogen (secondary N) is 1. The van der Waals surface area contributed by atoms with Gasteiger partial charge in [0, 0.05) is 37.5 Å². The molecule has 9 nitrogen and oxygen atoms in total. The van der Waals surface area contributed by atoms with Crippen molar-refractivity contribution in [3.63, 3.8) is 0 Å². The van der Waals surface area contributed by atoms with E-state index in [4.69, 9.17) is 9.47 Å². The number of hydrogen-bond acceptors (Lipinski definition) is 6. The molecule has 0 saturated carbocycles. The molecule has 0 spiro atoms. The number of aryl methyl sites for hydroxylation is 3. The normalized spacial score (nSPS) is 12.3. The number of nitrogens with zero attached hydrogens (tertiary/aromatic N) is 4. The fourth-order valence-electron chi connectivity index (χ4n) is 4.15. The van der Waals surface area contributed by atoms with Crippen LogP contribution in [0.5, 0.6) is 11.5 Å². The lowest BCUT2D eigenvalue weighted by molar-refractivity contribution is -0.121. The largest absolute Gasteiger partial charge is 0.454 e. The predicted molar refractivity (Wildman–Crippen MR) is 125 cm³/mol. The summed E-state index contributed by atoms with van der Waals surface area (Å²) in [6.45, 7) is 4.64. The minimum Gasteiger partial charge on any atom is -0.454 e. The molecule has 0 fully saturated rings. The van der Waals surface area contributed by atoms with E-state index in [0.29, 0.717) is 37.4 Å². The van der Waals surface area contributed by atoms with Crippen LogP contribution in [0.15, 0.2) is 53.6 Å². The average Bonchev–Trinajstić information content (AvgIpc) is 3.44. The Morgan fingerprint density at radius 1 is 1.03 bits per heavy atom. The minimum absolute atomic E-state index is 0.0522. The van der Waals surface area contributed by atoms with E-state index in [1.165, 1.54) is 0 Å². The molecule has 0 bridgehead atoms. The molecule has 5 rings (SSSR count). The van der Waals surface area contributed by atoms with Crippen LogP contribution in [0.25, 0.3) is 11.3 Å². The van der Waals surface area contributed by atoms with Gasteiger partial charge in [-0.1, -0.05) is 12.1 Å². The summed E-state index contributed by atoms with van der Waals surface area (Å²) in [4.78, 5) is 25.3. The van der Waals surface area contributed by atoms with Crippen LogP contribution >= 0.6 is 0 Å². The first-order valence-electron chi connectivity index (χ1n) is 11.2. The van der Waals surface area contributed by atoms with Gasteiger partial charge in [-0.05, 0) is 61.2 Å². The van der Waals surface area contributed by atoms with E-state index < -0.39 is 0 Å². The molecule has 0 aliphatic carbocycles. The summed E-state index contributed by atoms with van der Waals surface area (Å²) < 4.78 is 13.9. The summed E-state index contributed by atoms with van der Waals surface area (Å²) in [6.07, 6.45) is 5.00. The molecule has 0 radical (unpaired) electrons. The van der Waals surface area contributed by atoms with Crippen LogP contribution in [-0.2, 0) is 17.8 Å². The molecule has 1 amide bonds. The number of amides is 1. The summed E-state index contributed by atoms with van der Waals surface area (Å²) in [5, 5.41) is 11.2.